The highest BCUT2D eigenvalue weighted by Crippen LogP contribution is 2.19. The third-order valence-electron chi connectivity index (χ3n) is 4.86. The molecule has 27 heavy (non-hydrogen) atoms. The van der Waals surface area contributed by atoms with Gasteiger partial charge < -0.3 is 20.7 Å². The van der Waals surface area contributed by atoms with Crippen LogP contribution in [0.1, 0.15) is 44.0 Å². The fourth-order valence-corrected chi connectivity index (χ4v) is 3.19. The van der Waals surface area contributed by atoms with Gasteiger partial charge in [-0.2, -0.15) is 0 Å². The van der Waals surface area contributed by atoms with E-state index >= 15 is 0 Å². The Balaban J connectivity index is 2.01. The molecule has 1 aromatic rings. The summed E-state index contributed by atoms with van der Waals surface area (Å²) in [6, 6.07) is 6.22. The molecule has 0 aliphatic carbocycles. The van der Waals surface area contributed by atoms with Crippen molar-refractivity contribution in [1.82, 2.24) is 10.2 Å². The zero-order valence-corrected chi connectivity index (χ0v) is 16.2. The molecule has 0 aromatic heterocycles. The van der Waals surface area contributed by atoms with Crippen molar-refractivity contribution < 1.29 is 19.1 Å². The quantitative estimate of drug-likeness (QED) is 0.755. The van der Waals surface area contributed by atoms with E-state index in [1.807, 2.05) is 20.8 Å². The van der Waals surface area contributed by atoms with Crippen molar-refractivity contribution in [3.05, 3.63) is 29.8 Å². The molecule has 0 bridgehead atoms. The van der Waals surface area contributed by atoms with Gasteiger partial charge in [0.1, 0.15) is 11.8 Å². The SMILES string of the molecule is CCOc1ccc(C(=O)NC(C(=O)N2CCC(C(N)=O)CC2)C(C)C)cc1. The number of hydrogen-bond donors (Lipinski definition) is 2. The summed E-state index contributed by atoms with van der Waals surface area (Å²) in [5, 5.41) is 2.85. The maximum Gasteiger partial charge on any atom is 0.251 e. The summed E-state index contributed by atoms with van der Waals surface area (Å²) < 4.78 is 5.38. The van der Waals surface area contributed by atoms with Gasteiger partial charge in [0.05, 0.1) is 6.61 Å². The zero-order chi connectivity index (χ0) is 20.0. The minimum atomic E-state index is -0.616. The van der Waals surface area contributed by atoms with Crippen LogP contribution < -0.4 is 15.8 Å². The molecule has 1 unspecified atom stereocenters. The molecule has 1 atom stereocenters. The van der Waals surface area contributed by atoms with Gasteiger partial charge in [-0.25, -0.2) is 0 Å². The fourth-order valence-electron chi connectivity index (χ4n) is 3.19. The first kappa shape index (κ1) is 20.7. The average molecular weight is 375 g/mol. The molecule has 1 aliphatic rings. The molecule has 3 amide bonds. The number of rotatable bonds is 7. The first-order valence-corrected chi connectivity index (χ1v) is 9.45. The van der Waals surface area contributed by atoms with Crippen molar-refractivity contribution in [2.45, 2.75) is 39.7 Å². The minimum Gasteiger partial charge on any atom is -0.494 e. The summed E-state index contributed by atoms with van der Waals surface area (Å²) in [5.41, 5.74) is 5.82. The highest BCUT2D eigenvalue weighted by atomic mass is 16.5. The van der Waals surface area contributed by atoms with E-state index in [-0.39, 0.29) is 29.6 Å². The molecule has 148 valence electrons. The number of nitrogens with two attached hydrogens (primary N) is 1. The molecule has 7 heteroatoms. The first-order valence-electron chi connectivity index (χ1n) is 9.45. The van der Waals surface area contributed by atoms with Crippen LogP contribution in [0.2, 0.25) is 0 Å². The van der Waals surface area contributed by atoms with Crippen LogP contribution in [0.4, 0.5) is 0 Å². The molecule has 1 saturated heterocycles. The second-order valence-corrected chi connectivity index (χ2v) is 7.15. The van der Waals surface area contributed by atoms with Crippen LogP contribution in [0.15, 0.2) is 24.3 Å². The van der Waals surface area contributed by atoms with Crippen LogP contribution in [-0.4, -0.2) is 48.4 Å². The van der Waals surface area contributed by atoms with Crippen molar-refractivity contribution in [2.75, 3.05) is 19.7 Å². The van der Waals surface area contributed by atoms with Crippen LogP contribution in [0.3, 0.4) is 0 Å². The van der Waals surface area contributed by atoms with Gasteiger partial charge >= 0.3 is 0 Å². The lowest BCUT2D eigenvalue weighted by atomic mass is 9.94. The van der Waals surface area contributed by atoms with Crippen LogP contribution in [-0.2, 0) is 9.59 Å². The van der Waals surface area contributed by atoms with Gasteiger partial charge in [-0.1, -0.05) is 13.8 Å². The maximum absolute atomic E-state index is 12.9. The van der Waals surface area contributed by atoms with E-state index in [0.29, 0.717) is 43.9 Å². The predicted molar refractivity (Wildman–Crippen MR) is 102 cm³/mol. The number of hydrogen-bond acceptors (Lipinski definition) is 4. The molecular formula is C20H29N3O4. The predicted octanol–water partition coefficient (Wildman–Crippen LogP) is 1.56. The van der Waals surface area contributed by atoms with Crippen molar-refractivity contribution >= 4 is 17.7 Å². The Labute approximate surface area is 160 Å². The van der Waals surface area contributed by atoms with E-state index in [1.165, 1.54) is 0 Å². The van der Waals surface area contributed by atoms with Gasteiger partial charge in [0.2, 0.25) is 11.8 Å². The topological polar surface area (TPSA) is 102 Å². The fraction of sp³-hybridized carbons (Fsp3) is 0.550. The summed E-state index contributed by atoms with van der Waals surface area (Å²) in [5.74, 6) is -0.262. The highest BCUT2D eigenvalue weighted by Gasteiger charge is 2.32. The van der Waals surface area contributed by atoms with Crippen LogP contribution in [0, 0.1) is 11.8 Å². The number of nitrogens with zero attached hydrogens (tertiary/aromatic N) is 1. The normalized spacial score (nSPS) is 16.1. The van der Waals surface area contributed by atoms with Gasteiger partial charge in [-0.05, 0) is 49.9 Å². The summed E-state index contributed by atoms with van der Waals surface area (Å²) in [6.45, 7) is 7.21. The van der Waals surface area contributed by atoms with Gasteiger partial charge in [0, 0.05) is 24.6 Å². The lowest BCUT2D eigenvalue weighted by Gasteiger charge is -2.34. The Hall–Kier alpha value is -2.57. The molecule has 0 saturated carbocycles. The Bertz CT molecular complexity index is 664. The van der Waals surface area contributed by atoms with E-state index in [2.05, 4.69) is 5.32 Å². The summed E-state index contributed by atoms with van der Waals surface area (Å²) >= 11 is 0. The van der Waals surface area contributed by atoms with Crippen LogP contribution in [0.5, 0.6) is 5.75 Å². The van der Waals surface area contributed by atoms with Gasteiger partial charge in [0.25, 0.3) is 5.91 Å². The Kier molecular flexibility index (Phi) is 7.21. The molecule has 2 rings (SSSR count). The summed E-state index contributed by atoms with van der Waals surface area (Å²) in [6.07, 6.45) is 1.14. The smallest absolute Gasteiger partial charge is 0.251 e. The lowest BCUT2D eigenvalue weighted by Crippen LogP contribution is -2.53. The van der Waals surface area contributed by atoms with Crippen LogP contribution in [0.25, 0.3) is 0 Å². The van der Waals surface area contributed by atoms with E-state index in [1.54, 1.807) is 29.2 Å². The number of ether oxygens (including phenoxy) is 1. The molecule has 1 fully saturated rings. The minimum absolute atomic E-state index is 0.0574. The van der Waals surface area contributed by atoms with E-state index in [0.717, 1.165) is 0 Å². The van der Waals surface area contributed by atoms with Gasteiger partial charge in [-0.15, -0.1) is 0 Å². The molecule has 1 heterocycles. The van der Waals surface area contributed by atoms with Gasteiger partial charge in [0.15, 0.2) is 0 Å². The molecule has 0 spiro atoms. The number of amides is 3. The number of likely N-dealkylation sites (tertiary alicyclic amines) is 1. The number of primary amides is 1. The highest BCUT2D eigenvalue weighted by molar-refractivity contribution is 5.97. The van der Waals surface area contributed by atoms with Crippen molar-refractivity contribution in [3.8, 4) is 5.75 Å². The monoisotopic (exact) mass is 375 g/mol. The number of benzene rings is 1. The number of piperidine rings is 1. The Morgan fingerprint density at radius 2 is 1.78 bits per heavy atom. The third kappa shape index (κ3) is 5.45. The Morgan fingerprint density at radius 3 is 2.26 bits per heavy atom. The second kappa shape index (κ2) is 9.39. The molecule has 1 aliphatic heterocycles. The first-order chi connectivity index (χ1) is 12.8. The molecule has 0 radical (unpaired) electrons. The number of carbonyl (C=O) groups excluding carboxylic acids is 3. The average Bonchev–Trinajstić information content (AvgIpc) is 2.66. The molecule has 7 nitrogen and oxygen atoms in total. The zero-order valence-electron chi connectivity index (χ0n) is 16.2. The second-order valence-electron chi connectivity index (χ2n) is 7.15. The molecule has 3 N–H and O–H groups in total. The van der Waals surface area contributed by atoms with Crippen molar-refractivity contribution in [3.63, 3.8) is 0 Å². The number of carbonyl (C=O) groups is 3. The number of nitrogens with one attached hydrogen (secondary N) is 1. The summed E-state index contributed by atoms with van der Waals surface area (Å²) in [4.78, 5) is 38.5. The standard InChI is InChI=1S/C20H29N3O4/c1-4-27-16-7-5-15(6-8-16)19(25)22-17(13(2)3)20(26)23-11-9-14(10-12-23)18(21)24/h5-8,13-14,17H,4,9-12H2,1-3H3,(H2,21,24)(H,22,25). The van der Waals surface area contributed by atoms with Gasteiger partial charge in [-0.3, -0.25) is 14.4 Å². The maximum atomic E-state index is 12.9. The van der Waals surface area contributed by atoms with Crippen molar-refractivity contribution in [2.24, 2.45) is 17.6 Å². The van der Waals surface area contributed by atoms with Crippen molar-refractivity contribution in [1.29, 1.82) is 0 Å². The molecule has 1 aromatic carbocycles. The molecular weight excluding hydrogens is 346 g/mol. The third-order valence-corrected chi connectivity index (χ3v) is 4.86. The Morgan fingerprint density at radius 1 is 1.19 bits per heavy atom. The van der Waals surface area contributed by atoms with E-state index < -0.39 is 6.04 Å². The van der Waals surface area contributed by atoms with Crippen LogP contribution >= 0.6 is 0 Å². The van der Waals surface area contributed by atoms with E-state index in [4.69, 9.17) is 10.5 Å². The van der Waals surface area contributed by atoms with E-state index in [9.17, 15) is 14.4 Å². The lowest BCUT2D eigenvalue weighted by molar-refractivity contribution is -0.137. The summed E-state index contributed by atoms with van der Waals surface area (Å²) in [7, 11) is 0. The largest absolute Gasteiger partial charge is 0.494 e.